The third kappa shape index (κ3) is 27.7. The number of rotatable bonds is 26. The van der Waals surface area contributed by atoms with Crippen LogP contribution in [0.3, 0.4) is 0 Å². The monoisotopic (exact) mass is 537 g/mol. The van der Waals surface area contributed by atoms with Crippen molar-refractivity contribution in [2.45, 2.75) is 162 Å². The standard InChI is InChI=1S/C33H63NO4/c1-6-8-10-12-14-15-16-17-18-20-22-24-27-34(30-32(36)38-33(3,4)5)28-25-29-37-31(35)26-23-21-19-13-11-9-7-2/h21,23H,6-20,22,24-30H2,1-5H3/b23-21-. The molecule has 0 unspecified atom stereocenters. The molecule has 5 nitrogen and oxygen atoms in total. The minimum absolute atomic E-state index is 0.172. The minimum Gasteiger partial charge on any atom is -0.465 e. The maximum atomic E-state index is 12.4. The van der Waals surface area contributed by atoms with Gasteiger partial charge in [0.1, 0.15) is 5.60 Å². The van der Waals surface area contributed by atoms with E-state index in [1.54, 1.807) is 0 Å². The van der Waals surface area contributed by atoms with Crippen LogP contribution in [-0.4, -0.2) is 48.7 Å². The summed E-state index contributed by atoms with van der Waals surface area (Å²) in [6.45, 7) is 12.5. The molecule has 38 heavy (non-hydrogen) atoms. The fraction of sp³-hybridized carbons (Fsp3) is 0.879. The summed E-state index contributed by atoms with van der Waals surface area (Å²) in [4.78, 5) is 26.6. The van der Waals surface area contributed by atoms with Crippen molar-refractivity contribution in [1.82, 2.24) is 4.90 Å². The van der Waals surface area contributed by atoms with Gasteiger partial charge in [0.25, 0.3) is 0 Å². The SMILES string of the molecule is CCCCCC/C=C\CC(=O)OCCCN(CCCCCCCCCCCCCC)CC(=O)OC(C)(C)C. The van der Waals surface area contributed by atoms with Gasteiger partial charge >= 0.3 is 11.9 Å². The van der Waals surface area contributed by atoms with E-state index >= 15 is 0 Å². The quantitative estimate of drug-likeness (QED) is 0.0625. The van der Waals surface area contributed by atoms with Crippen LogP contribution in [0, 0.1) is 0 Å². The number of carbonyl (C=O) groups excluding carboxylic acids is 2. The Balaban J connectivity index is 4.12. The van der Waals surface area contributed by atoms with Crippen LogP contribution in [0.4, 0.5) is 0 Å². The summed E-state index contributed by atoms with van der Waals surface area (Å²) < 4.78 is 10.9. The molecule has 0 heterocycles. The van der Waals surface area contributed by atoms with Gasteiger partial charge in [-0.25, -0.2) is 0 Å². The topological polar surface area (TPSA) is 55.8 Å². The Bertz CT molecular complexity index is 582. The zero-order chi connectivity index (χ0) is 28.3. The first-order valence-corrected chi connectivity index (χ1v) is 16.0. The number of carbonyl (C=O) groups is 2. The smallest absolute Gasteiger partial charge is 0.320 e. The molecule has 0 aliphatic rings. The Kier molecular flexibility index (Phi) is 25.0. The second-order valence-electron chi connectivity index (χ2n) is 11.9. The second-order valence-corrected chi connectivity index (χ2v) is 11.9. The molecule has 0 amide bonds. The van der Waals surface area contributed by atoms with Crippen molar-refractivity contribution in [3.8, 4) is 0 Å². The van der Waals surface area contributed by atoms with Crippen LogP contribution in [0.25, 0.3) is 0 Å². The highest BCUT2D eigenvalue weighted by Gasteiger charge is 2.19. The molecule has 0 fully saturated rings. The molecule has 5 heteroatoms. The summed E-state index contributed by atoms with van der Waals surface area (Å²) in [6, 6.07) is 0. The van der Waals surface area contributed by atoms with Gasteiger partial charge in [0.05, 0.1) is 19.6 Å². The summed E-state index contributed by atoms with van der Waals surface area (Å²) in [5, 5.41) is 0. The molecular formula is C33H63NO4. The van der Waals surface area contributed by atoms with Crippen molar-refractivity contribution in [3.05, 3.63) is 12.2 Å². The van der Waals surface area contributed by atoms with Crippen LogP contribution in [-0.2, 0) is 19.1 Å². The lowest BCUT2D eigenvalue weighted by atomic mass is 10.1. The minimum atomic E-state index is -0.474. The zero-order valence-electron chi connectivity index (χ0n) is 26.0. The normalized spacial score (nSPS) is 11.9. The van der Waals surface area contributed by atoms with E-state index in [9.17, 15) is 9.59 Å². The third-order valence-electron chi connectivity index (χ3n) is 6.66. The van der Waals surface area contributed by atoms with E-state index in [4.69, 9.17) is 9.47 Å². The molecule has 0 aliphatic carbocycles. The fourth-order valence-corrected chi connectivity index (χ4v) is 4.52. The molecule has 0 saturated carbocycles. The number of hydrogen-bond acceptors (Lipinski definition) is 5. The average molecular weight is 538 g/mol. The van der Waals surface area contributed by atoms with E-state index in [-0.39, 0.29) is 11.9 Å². The number of hydrogen-bond donors (Lipinski definition) is 0. The molecule has 0 atom stereocenters. The van der Waals surface area contributed by atoms with Crippen LogP contribution in [0.1, 0.15) is 157 Å². The molecule has 0 spiro atoms. The molecule has 0 aliphatic heterocycles. The maximum Gasteiger partial charge on any atom is 0.320 e. The highest BCUT2D eigenvalue weighted by Crippen LogP contribution is 2.13. The van der Waals surface area contributed by atoms with E-state index in [0.717, 1.165) is 32.4 Å². The van der Waals surface area contributed by atoms with Crippen molar-refractivity contribution < 1.29 is 19.1 Å². The molecule has 0 aromatic heterocycles. The van der Waals surface area contributed by atoms with Gasteiger partial charge in [-0.15, -0.1) is 0 Å². The maximum absolute atomic E-state index is 12.4. The number of esters is 2. The van der Waals surface area contributed by atoms with Gasteiger partial charge in [-0.2, -0.15) is 0 Å². The van der Waals surface area contributed by atoms with E-state index < -0.39 is 5.60 Å². The molecule has 0 bridgehead atoms. The molecule has 0 rings (SSSR count). The van der Waals surface area contributed by atoms with Crippen molar-refractivity contribution in [2.75, 3.05) is 26.2 Å². The summed E-state index contributed by atoms with van der Waals surface area (Å²) in [5.74, 6) is -0.355. The van der Waals surface area contributed by atoms with Gasteiger partial charge in [-0.05, 0) is 53.0 Å². The van der Waals surface area contributed by atoms with Crippen LogP contribution >= 0.6 is 0 Å². The van der Waals surface area contributed by atoms with Gasteiger partial charge in [0.15, 0.2) is 0 Å². The number of allylic oxidation sites excluding steroid dienone is 1. The van der Waals surface area contributed by atoms with Crippen LogP contribution in [0.2, 0.25) is 0 Å². The molecule has 0 aromatic carbocycles. The van der Waals surface area contributed by atoms with Crippen molar-refractivity contribution in [1.29, 1.82) is 0 Å². The Morgan fingerprint density at radius 2 is 1.13 bits per heavy atom. The predicted molar refractivity (Wildman–Crippen MR) is 161 cm³/mol. The van der Waals surface area contributed by atoms with Gasteiger partial charge < -0.3 is 9.47 Å². The van der Waals surface area contributed by atoms with E-state index in [2.05, 4.69) is 24.8 Å². The van der Waals surface area contributed by atoms with Gasteiger partial charge in [-0.3, -0.25) is 14.5 Å². The molecular weight excluding hydrogens is 474 g/mol. The molecule has 224 valence electrons. The Hall–Kier alpha value is -1.36. The Morgan fingerprint density at radius 1 is 0.632 bits per heavy atom. The predicted octanol–water partition coefficient (Wildman–Crippen LogP) is 9.18. The highest BCUT2D eigenvalue weighted by molar-refractivity contribution is 5.72. The van der Waals surface area contributed by atoms with Gasteiger partial charge in [-0.1, -0.05) is 116 Å². The lowest BCUT2D eigenvalue weighted by Crippen LogP contribution is -2.36. The van der Waals surface area contributed by atoms with Crippen molar-refractivity contribution >= 4 is 11.9 Å². The fourth-order valence-electron chi connectivity index (χ4n) is 4.52. The van der Waals surface area contributed by atoms with E-state index in [1.165, 1.54) is 96.3 Å². The lowest BCUT2D eigenvalue weighted by molar-refractivity contribution is -0.156. The molecule has 0 saturated heterocycles. The lowest BCUT2D eigenvalue weighted by Gasteiger charge is -2.25. The van der Waals surface area contributed by atoms with E-state index in [1.807, 2.05) is 26.8 Å². The highest BCUT2D eigenvalue weighted by atomic mass is 16.6. The summed E-state index contributed by atoms with van der Waals surface area (Å²) in [5.41, 5.74) is -0.474. The van der Waals surface area contributed by atoms with Crippen LogP contribution in [0.5, 0.6) is 0 Å². The van der Waals surface area contributed by atoms with E-state index in [0.29, 0.717) is 19.6 Å². The summed E-state index contributed by atoms with van der Waals surface area (Å²) in [7, 11) is 0. The van der Waals surface area contributed by atoms with Gasteiger partial charge in [0.2, 0.25) is 0 Å². The van der Waals surface area contributed by atoms with Gasteiger partial charge in [0, 0.05) is 6.54 Å². The first-order chi connectivity index (χ1) is 18.3. The average Bonchev–Trinajstić information content (AvgIpc) is 2.85. The molecule has 0 radical (unpaired) electrons. The largest absolute Gasteiger partial charge is 0.465 e. The third-order valence-corrected chi connectivity index (χ3v) is 6.66. The Morgan fingerprint density at radius 3 is 1.68 bits per heavy atom. The van der Waals surface area contributed by atoms with Crippen LogP contribution < -0.4 is 0 Å². The Labute approximate surface area is 236 Å². The number of unbranched alkanes of at least 4 members (excludes halogenated alkanes) is 15. The first-order valence-electron chi connectivity index (χ1n) is 16.0. The van der Waals surface area contributed by atoms with Crippen molar-refractivity contribution in [2.24, 2.45) is 0 Å². The summed E-state index contributed by atoms with van der Waals surface area (Å²) >= 11 is 0. The second kappa shape index (κ2) is 25.9. The molecule has 0 aromatic rings. The molecule has 0 N–H and O–H groups in total. The summed E-state index contributed by atoms with van der Waals surface area (Å²) in [6.07, 6.45) is 26.9. The zero-order valence-corrected chi connectivity index (χ0v) is 26.0. The first kappa shape index (κ1) is 36.6. The van der Waals surface area contributed by atoms with Crippen molar-refractivity contribution in [3.63, 3.8) is 0 Å². The number of ether oxygens (including phenoxy) is 2. The van der Waals surface area contributed by atoms with Crippen LogP contribution in [0.15, 0.2) is 12.2 Å². The number of nitrogens with zero attached hydrogens (tertiary/aromatic N) is 1.